The van der Waals surface area contributed by atoms with Crippen LogP contribution in [0.3, 0.4) is 0 Å². The quantitative estimate of drug-likeness (QED) is 0.450. The number of carbonyl (C=O) groups excluding carboxylic acids is 1. The normalized spacial score (nSPS) is 12.7. The van der Waals surface area contributed by atoms with Crippen LogP contribution in [-0.4, -0.2) is 30.3 Å². The molecule has 0 fully saturated rings. The molecule has 32 heavy (non-hydrogen) atoms. The van der Waals surface area contributed by atoms with E-state index in [0.29, 0.717) is 15.9 Å². The average Bonchev–Trinajstić information content (AvgIpc) is 2.74. The summed E-state index contributed by atoms with van der Waals surface area (Å²) in [5, 5.41) is 3.49. The van der Waals surface area contributed by atoms with Crippen LogP contribution in [0, 0.1) is 0 Å². The third-order valence-corrected chi connectivity index (χ3v) is 6.46. The Bertz CT molecular complexity index is 1310. The van der Waals surface area contributed by atoms with Crippen molar-refractivity contribution in [3.8, 4) is 0 Å². The van der Waals surface area contributed by atoms with E-state index in [2.05, 4.69) is 15.3 Å². The predicted molar refractivity (Wildman–Crippen MR) is 127 cm³/mol. The molecule has 3 rings (SSSR count). The van der Waals surface area contributed by atoms with Crippen molar-refractivity contribution >= 4 is 40.3 Å². The molecule has 170 valence electrons. The summed E-state index contributed by atoms with van der Waals surface area (Å²) >= 11 is 7.33. The molecule has 1 amide bonds. The van der Waals surface area contributed by atoms with Crippen molar-refractivity contribution in [2.45, 2.75) is 49.9 Å². The number of thioether (sulfide) groups is 1. The van der Waals surface area contributed by atoms with E-state index in [1.54, 1.807) is 20.0 Å². The number of aryl methyl sites for hydroxylation is 1. The zero-order chi connectivity index (χ0) is 23.8. The van der Waals surface area contributed by atoms with E-state index in [9.17, 15) is 14.4 Å². The van der Waals surface area contributed by atoms with Gasteiger partial charge in [0, 0.05) is 31.1 Å². The molecule has 1 unspecified atom stereocenters. The molecule has 2 aromatic heterocycles. The van der Waals surface area contributed by atoms with E-state index in [1.807, 2.05) is 39.0 Å². The summed E-state index contributed by atoms with van der Waals surface area (Å²) in [5.74, 6) is 0.264. The molecule has 1 aromatic carbocycles. The zero-order valence-corrected chi connectivity index (χ0v) is 20.5. The molecule has 1 atom stereocenters. The highest BCUT2D eigenvalue weighted by Crippen LogP contribution is 2.29. The van der Waals surface area contributed by atoms with Gasteiger partial charge in [0.2, 0.25) is 5.91 Å². The molecule has 8 nitrogen and oxygen atoms in total. The summed E-state index contributed by atoms with van der Waals surface area (Å²) in [5.41, 5.74) is -0.316. The fourth-order valence-electron chi connectivity index (χ4n) is 3.04. The lowest BCUT2D eigenvalue weighted by Gasteiger charge is -2.20. The maximum atomic E-state index is 12.9. The Morgan fingerprint density at radius 2 is 1.81 bits per heavy atom. The number of hydrogen-bond acceptors (Lipinski definition) is 6. The first-order chi connectivity index (χ1) is 14.9. The Labute approximate surface area is 195 Å². The Morgan fingerprint density at radius 3 is 2.44 bits per heavy atom. The summed E-state index contributed by atoms with van der Waals surface area (Å²) in [7, 11) is 2.98. The maximum Gasteiger partial charge on any atom is 0.332 e. The fourth-order valence-corrected chi connectivity index (χ4v) is 4.20. The van der Waals surface area contributed by atoms with Gasteiger partial charge in [0.05, 0.1) is 5.25 Å². The first-order valence-corrected chi connectivity index (χ1v) is 11.3. The number of hydrogen-bond donors (Lipinski definition) is 1. The first-order valence-electron chi connectivity index (χ1n) is 10.1. The number of nitrogens with one attached hydrogen (secondary N) is 1. The third kappa shape index (κ3) is 4.73. The van der Waals surface area contributed by atoms with Crippen LogP contribution < -0.4 is 16.6 Å². The summed E-state index contributed by atoms with van der Waals surface area (Å²) in [4.78, 5) is 47.3. The number of fused-ring (bicyclic) bond motifs is 1. The summed E-state index contributed by atoms with van der Waals surface area (Å²) < 4.78 is 2.36. The summed E-state index contributed by atoms with van der Waals surface area (Å²) in [6.07, 6.45) is 0. The molecule has 10 heteroatoms. The second-order valence-corrected chi connectivity index (χ2v) is 10.3. The molecule has 1 N–H and O–H groups in total. The number of carbonyl (C=O) groups is 1. The highest BCUT2D eigenvalue weighted by Gasteiger charge is 2.26. The number of benzene rings is 1. The summed E-state index contributed by atoms with van der Waals surface area (Å²) in [6.45, 7) is 7.87. The van der Waals surface area contributed by atoms with Crippen molar-refractivity contribution in [1.82, 2.24) is 24.4 Å². The van der Waals surface area contributed by atoms with Crippen LogP contribution in [0.15, 0.2) is 38.9 Å². The van der Waals surface area contributed by atoms with Gasteiger partial charge in [-0.25, -0.2) is 14.8 Å². The molecule has 3 aromatic rings. The number of aromatic nitrogens is 4. The lowest BCUT2D eigenvalue weighted by molar-refractivity contribution is -0.120. The minimum absolute atomic E-state index is 0.221. The molecular formula is C22H26ClN5O3S. The highest BCUT2D eigenvalue weighted by molar-refractivity contribution is 8.00. The van der Waals surface area contributed by atoms with Gasteiger partial charge in [-0.15, -0.1) is 0 Å². The molecule has 0 aliphatic heterocycles. The largest absolute Gasteiger partial charge is 0.351 e. The van der Waals surface area contributed by atoms with Crippen molar-refractivity contribution in [3.63, 3.8) is 0 Å². The van der Waals surface area contributed by atoms with Crippen LogP contribution in [0.4, 0.5) is 0 Å². The predicted octanol–water partition coefficient (Wildman–Crippen LogP) is 2.78. The monoisotopic (exact) mass is 475 g/mol. The van der Waals surface area contributed by atoms with Crippen molar-refractivity contribution in [1.29, 1.82) is 0 Å². The van der Waals surface area contributed by atoms with E-state index in [-0.39, 0.29) is 23.5 Å². The minimum Gasteiger partial charge on any atom is -0.351 e. The van der Waals surface area contributed by atoms with Crippen LogP contribution in [0.25, 0.3) is 11.0 Å². The third-order valence-electron chi connectivity index (χ3n) is 5.01. The Morgan fingerprint density at radius 1 is 1.16 bits per heavy atom. The van der Waals surface area contributed by atoms with E-state index in [4.69, 9.17) is 11.6 Å². The Balaban J connectivity index is 2.00. The minimum atomic E-state index is -0.551. The Hall–Kier alpha value is -2.65. The molecule has 2 heterocycles. The van der Waals surface area contributed by atoms with Gasteiger partial charge in [0.15, 0.2) is 5.65 Å². The van der Waals surface area contributed by atoms with Gasteiger partial charge in [0.25, 0.3) is 5.56 Å². The van der Waals surface area contributed by atoms with E-state index < -0.39 is 21.9 Å². The van der Waals surface area contributed by atoms with Crippen molar-refractivity contribution in [2.24, 2.45) is 14.1 Å². The van der Waals surface area contributed by atoms with E-state index in [1.165, 1.54) is 11.6 Å². The van der Waals surface area contributed by atoms with Gasteiger partial charge in [-0.3, -0.25) is 18.7 Å². The number of rotatable bonds is 5. The van der Waals surface area contributed by atoms with Gasteiger partial charge >= 0.3 is 5.69 Å². The van der Waals surface area contributed by atoms with Crippen molar-refractivity contribution < 1.29 is 4.79 Å². The van der Waals surface area contributed by atoms with Gasteiger partial charge in [-0.1, -0.05) is 62.3 Å². The highest BCUT2D eigenvalue weighted by atomic mass is 35.5. The topological polar surface area (TPSA) is 98.9 Å². The fraction of sp³-hybridized carbons (Fsp3) is 0.409. The molecule has 0 radical (unpaired) electrons. The molecule has 0 saturated heterocycles. The van der Waals surface area contributed by atoms with Crippen LogP contribution in [0.1, 0.15) is 39.1 Å². The Kier molecular flexibility index (Phi) is 6.80. The van der Waals surface area contributed by atoms with Gasteiger partial charge < -0.3 is 5.32 Å². The standard InChI is InChI=1S/C22H26ClN5O3S/c1-12(17(29)24-11-13-9-7-8-10-14(13)23)32-18-15-16(25-20(26-18)22(2,3)4)27(5)21(31)28(6)19(15)30/h7-10,12H,11H2,1-6H3,(H,24,29). The van der Waals surface area contributed by atoms with Crippen molar-refractivity contribution in [2.75, 3.05) is 0 Å². The lowest BCUT2D eigenvalue weighted by Crippen LogP contribution is -2.38. The number of amides is 1. The first kappa shape index (κ1) is 24.0. The molecule has 0 aliphatic carbocycles. The van der Waals surface area contributed by atoms with Crippen LogP contribution in [0.2, 0.25) is 5.02 Å². The zero-order valence-electron chi connectivity index (χ0n) is 18.9. The van der Waals surface area contributed by atoms with E-state index >= 15 is 0 Å². The second-order valence-electron chi connectivity index (χ2n) is 8.58. The van der Waals surface area contributed by atoms with Gasteiger partial charge in [-0.05, 0) is 18.6 Å². The molecule has 0 saturated carbocycles. The average molecular weight is 476 g/mol. The number of halogens is 1. The SMILES string of the molecule is CC(Sc1nc(C(C)(C)C)nc2c1c(=O)n(C)c(=O)n2C)C(=O)NCc1ccccc1Cl. The molecule has 0 aliphatic rings. The number of nitrogens with zero attached hydrogens (tertiary/aromatic N) is 4. The van der Waals surface area contributed by atoms with E-state index in [0.717, 1.165) is 21.9 Å². The molecule has 0 spiro atoms. The van der Waals surface area contributed by atoms with Crippen LogP contribution in [0.5, 0.6) is 0 Å². The second kappa shape index (κ2) is 9.07. The van der Waals surface area contributed by atoms with Gasteiger partial charge in [-0.2, -0.15) is 0 Å². The summed E-state index contributed by atoms with van der Waals surface area (Å²) in [6, 6.07) is 7.29. The molecular weight excluding hydrogens is 450 g/mol. The van der Waals surface area contributed by atoms with Crippen molar-refractivity contribution in [3.05, 3.63) is 61.5 Å². The van der Waals surface area contributed by atoms with Gasteiger partial charge in [0.1, 0.15) is 16.2 Å². The lowest BCUT2D eigenvalue weighted by atomic mass is 9.96. The maximum absolute atomic E-state index is 12.9. The van der Waals surface area contributed by atoms with Crippen LogP contribution in [-0.2, 0) is 30.8 Å². The van der Waals surface area contributed by atoms with Crippen LogP contribution >= 0.6 is 23.4 Å². The molecule has 0 bridgehead atoms. The smallest absolute Gasteiger partial charge is 0.332 e.